The molecular formula is C14H15ClN2O. The second-order valence-electron chi connectivity index (χ2n) is 3.82. The summed E-state index contributed by atoms with van der Waals surface area (Å²) in [6.45, 7) is 2.52. The van der Waals surface area contributed by atoms with Crippen LogP contribution in [-0.4, -0.2) is 6.61 Å². The number of nitrogens with one attached hydrogen (secondary N) is 1. The van der Waals surface area contributed by atoms with Crippen LogP contribution in [0.5, 0.6) is 5.75 Å². The van der Waals surface area contributed by atoms with Crippen molar-refractivity contribution in [2.45, 2.75) is 6.92 Å². The molecule has 2 aromatic carbocycles. The zero-order valence-electron chi connectivity index (χ0n) is 10.1. The van der Waals surface area contributed by atoms with Gasteiger partial charge >= 0.3 is 0 Å². The first-order valence-corrected chi connectivity index (χ1v) is 6.11. The predicted molar refractivity (Wildman–Crippen MR) is 76.8 cm³/mol. The van der Waals surface area contributed by atoms with Crippen LogP contribution in [0, 0.1) is 0 Å². The molecule has 4 heteroatoms. The summed E-state index contributed by atoms with van der Waals surface area (Å²) in [7, 11) is 0. The molecule has 0 amide bonds. The average Bonchev–Trinajstić information content (AvgIpc) is 2.34. The molecular weight excluding hydrogens is 248 g/mol. The average molecular weight is 263 g/mol. The molecule has 0 spiro atoms. The fraction of sp³-hybridized carbons (Fsp3) is 0.143. The van der Waals surface area contributed by atoms with Crippen LogP contribution in [0.15, 0.2) is 42.5 Å². The van der Waals surface area contributed by atoms with Gasteiger partial charge in [0, 0.05) is 22.5 Å². The molecule has 0 saturated carbocycles. The minimum absolute atomic E-state index is 0.588. The summed E-state index contributed by atoms with van der Waals surface area (Å²) in [6.07, 6.45) is 0. The molecule has 3 N–H and O–H groups in total. The number of hydrogen-bond acceptors (Lipinski definition) is 3. The molecule has 3 nitrogen and oxygen atoms in total. The summed E-state index contributed by atoms with van der Waals surface area (Å²) >= 11 is 5.93. The van der Waals surface area contributed by atoms with Gasteiger partial charge in [-0.05, 0) is 37.3 Å². The lowest BCUT2D eigenvalue weighted by Crippen LogP contribution is -1.98. The van der Waals surface area contributed by atoms with E-state index >= 15 is 0 Å². The van der Waals surface area contributed by atoms with Crippen LogP contribution in [-0.2, 0) is 0 Å². The van der Waals surface area contributed by atoms with Crippen LogP contribution < -0.4 is 15.8 Å². The fourth-order valence-electron chi connectivity index (χ4n) is 1.63. The van der Waals surface area contributed by atoms with Crippen molar-refractivity contribution in [1.82, 2.24) is 0 Å². The van der Waals surface area contributed by atoms with Crippen molar-refractivity contribution in [3.63, 3.8) is 0 Å². The maximum absolute atomic E-state index is 5.93. The number of rotatable bonds is 4. The lowest BCUT2D eigenvalue weighted by molar-refractivity contribution is 0.342. The number of nitrogen functional groups attached to an aromatic ring is 1. The van der Waals surface area contributed by atoms with Gasteiger partial charge in [0.2, 0.25) is 0 Å². The first-order chi connectivity index (χ1) is 8.69. The Bertz CT molecular complexity index is 543. The van der Waals surface area contributed by atoms with E-state index in [0.717, 1.165) is 11.4 Å². The first kappa shape index (κ1) is 12.6. The number of hydrogen-bond donors (Lipinski definition) is 2. The third kappa shape index (κ3) is 3.08. The Morgan fingerprint density at radius 3 is 2.67 bits per heavy atom. The number of ether oxygens (including phenoxy) is 1. The smallest absolute Gasteiger partial charge is 0.144 e. The normalized spacial score (nSPS) is 10.1. The van der Waals surface area contributed by atoms with Crippen LogP contribution in [0.3, 0.4) is 0 Å². The topological polar surface area (TPSA) is 47.3 Å². The summed E-state index contributed by atoms with van der Waals surface area (Å²) < 4.78 is 5.45. The van der Waals surface area contributed by atoms with E-state index in [4.69, 9.17) is 22.1 Å². The SMILES string of the molecule is CCOc1cc(Nc2cccc(Cl)c2)ccc1N. The summed E-state index contributed by atoms with van der Waals surface area (Å²) in [6, 6.07) is 13.1. The van der Waals surface area contributed by atoms with Gasteiger partial charge < -0.3 is 15.8 Å². The molecule has 0 atom stereocenters. The minimum Gasteiger partial charge on any atom is -0.492 e. The monoisotopic (exact) mass is 262 g/mol. The fourth-order valence-corrected chi connectivity index (χ4v) is 1.82. The van der Waals surface area contributed by atoms with Crippen LogP contribution in [0.1, 0.15) is 6.92 Å². The molecule has 2 rings (SSSR count). The number of halogens is 1. The Hall–Kier alpha value is -1.87. The molecule has 2 aromatic rings. The number of nitrogens with two attached hydrogens (primary N) is 1. The Morgan fingerprint density at radius 1 is 1.17 bits per heavy atom. The van der Waals surface area contributed by atoms with E-state index in [1.807, 2.05) is 49.4 Å². The van der Waals surface area contributed by atoms with Crippen molar-refractivity contribution in [2.24, 2.45) is 0 Å². The summed E-state index contributed by atoms with van der Waals surface area (Å²) in [4.78, 5) is 0. The van der Waals surface area contributed by atoms with Gasteiger partial charge in [0.05, 0.1) is 12.3 Å². The highest BCUT2D eigenvalue weighted by Crippen LogP contribution is 2.28. The van der Waals surface area contributed by atoms with Crippen LogP contribution in [0.4, 0.5) is 17.1 Å². The highest BCUT2D eigenvalue weighted by molar-refractivity contribution is 6.30. The van der Waals surface area contributed by atoms with Gasteiger partial charge in [-0.3, -0.25) is 0 Å². The highest BCUT2D eigenvalue weighted by atomic mass is 35.5. The molecule has 0 aliphatic rings. The summed E-state index contributed by atoms with van der Waals surface area (Å²) in [5.41, 5.74) is 8.29. The van der Waals surface area contributed by atoms with Gasteiger partial charge in [-0.1, -0.05) is 17.7 Å². The lowest BCUT2D eigenvalue weighted by atomic mass is 10.2. The molecule has 0 heterocycles. The van der Waals surface area contributed by atoms with Gasteiger partial charge in [0.25, 0.3) is 0 Å². The van der Waals surface area contributed by atoms with Crippen LogP contribution >= 0.6 is 11.6 Å². The Kier molecular flexibility index (Phi) is 3.95. The van der Waals surface area contributed by atoms with Gasteiger partial charge in [0.1, 0.15) is 5.75 Å². The maximum atomic E-state index is 5.93. The zero-order valence-corrected chi connectivity index (χ0v) is 10.9. The Balaban J connectivity index is 2.21. The van der Waals surface area contributed by atoms with E-state index in [-0.39, 0.29) is 0 Å². The van der Waals surface area contributed by atoms with E-state index < -0.39 is 0 Å². The Labute approximate surface area is 112 Å². The van der Waals surface area contributed by atoms with E-state index in [2.05, 4.69) is 5.32 Å². The standard InChI is InChI=1S/C14H15ClN2O/c1-2-18-14-9-12(6-7-13(14)16)17-11-5-3-4-10(15)8-11/h3-9,17H,2,16H2,1H3. The molecule has 0 aliphatic carbocycles. The first-order valence-electron chi connectivity index (χ1n) is 5.74. The van der Waals surface area contributed by atoms with E-state index in [1.54, 1.807) is 0 Å². The van der Waals surface area contributed by atoms with Gasteiger partial charge in [-0.25, -0.2) is 0 Å². The summed E-state index contributed by atoms with van der Waals surface area (Å²) in [5.74, 6) is 0.685. The second-order valence-corrected chi connectivity index (χ2v) is 4.26. The lowest BCUT2D eigenvalue weighted by Gasteiger charge is -2.11. The quantitative estimate of drug-likeness (QED) is 0.817. The minimum atomic E-state index is 0.588. The van der Waals surface area contributed by atoms with Gasteiger partial charge in [-0.2, -0.15) is 0 Å². The van der Waals surface area contributed by atoms with Crippen LogP contribution in [0.2, 0.25) is 5.02 Å². The molecule has 0 saturated heterocycles. The van der Waals surface area contributed by atoms with Crippen molar-refractivity contribution in [1.29, 1.82) is 0 Å². The molecule has 0 fully saturated rings. The van der Waals surface area contributed by atoms with Crippen LogP contribution in [0.25, 0.3) is 0 Å². The van der Waals surface area contributed by atoms with Crippen molar-refractivity contribution < 1.29 is 4.74 Å². The molecule has 0 aromatic heterocycles. The third-order valence-electron chi connectivity index (χ3n) is 2.43. The summed E-state index contributed by atoms with van der Waals surface area (Å²) in [5, 5.41) is 3.95. The zero-order chi connectivity index (χ0) is 13.0. The number of anilines is 3. The van der Waals surface area contributed by atoms with E-state index in [1.165, 1.54) is 0 Å². The molecule has 18 heavy (non-hydrogen) atoms. The largest absolute Gasteiger partial charge is 0.492 e. The van der Waals surface area contributed by atoms with Crippen molar-refractivity contribution in [3.8, 4) is 5.75 Å². The van der Waals surface area contributed by atoms with E-state index in [0.29, 0.717) is 23.1 Å². The van der Waals surface area contributed by atoms with Gasteiger partial charge in [0.15, 0.2) is 0 Å². The third-order valence-corrected chi connectivity index (χ3v) is 2.66. The molecule has 94 valence electrons. The molecule has 0 bridgehead atoms. The second kappa shape index (κ2) is 5.65. The molecule has 0 radical (unpaired) electrons. The van der Waals surface area contributed by atoms with Crippen molar-refractivity contribution in [2.75, 3.05) is 17.7 Å². The van der Waals surface area contributed by atoms with E-state index in [9.17, 15) is 0 Å². The molecule has 0 unspecified atom stereocenters. The van der Waals surface area contributed by atoms with Crippen molar-refractivity contribution in [3.05, 3.63) is 47.5 Å². The Morgan fingerprint density at radius 2 is 1.94 bits per heavy atom. The maximum Gasteiger partial charge on any atom is 0.144 e. The van der Waals surface area contributed by atoms with Gasteiger partial charge in [-0.15, -0.1) is 0 Å². The molecule has 0 aliphatic heterocycles. The number of benzene rings is 2. The highest BCUT2D eigenvalue weighted by Gasteiger charge is 2.02. The van der Waals surface area contributed by atoms with Crippen molar-refractivity contribution >= 4 is 28.7 Å². The predicted octanol–water partition coefficient (Wildman–Crippen LogP) is 4.06.